The Bertz CT molecular complexity index is 582. The normalized spacial score (nSPS) is 11.7. The van der Waals surface area contributed by atoms with Crippen LogP contribution in [0.1, 0.15) is 11.1 Å². The first kappa shape index (κ1) is 15.7. The van der Waals surface area contributed by atoms with Gasteiger partial charge in [-0.3, -0.25) is 4.98 Å². The van der Waals surface area contributed by atoms with E-state index >= 15 is 0 Å². The van der Waals surface area contributed by atoms with Crippen LogP contribution >= 0.6 is 15.9 Å². The Labute approximate surface area is 133 Å². The van der Waals surface area contributed by atoms with Crippen LogP contribution in [0.4, 0.5) is 0 Å². The Morgan fingerprint density at radius 2 is 1.95 bits per heavy atom. The molecule has 110 valence electrons. The van der Waals surface area contributed by atoms with E-state index in [1.54, 1.807) is 12.4 Å². The molecule has 0 bridgehead atoms. The first-order chi connectivity index (χ1) is 10.2. The number of nitrogens with zero attached hydrogens (tertiary/aromatic N) is 3. The van der Waals surface area contributed by atoms with Crippen LogP contribution in [0.2, 0.25) is 0 Å². The van der Waals surface area contributed by atoms with Gasteiger partial charge in [-0.15, -0.1) is 0 Å². The molecule has 0 saturated heterocycles. The minimum absolute atomic E-state index is 0.549. The van der Waals surface area contributed by atoms with E-state index in [-0.39, 0.29) is 0 Å². The molecule has 1 heterocycles. The lowest BCUT2D eigenvalue weighted by Gasteiger charge is -2.10. The molecule has 1 aromatic heterocycles. The number of pyridine rings is 1. The number of likely N-dealkylation sites (N-methyl/N-ethyl adjacent to an activating group) is 1. The van der Waals surface area contributed by atoms with Crippen LogP contribution in [0, 0.1) is 0 Å². The maximum atomic E-state index is 5.45. The summed E-state index contributed by atoms with van der Waals surface area (Å²) in [5.41, 5.74) is 2.72. The van der Waals surface area contributed by atoms with E-state index < -0.39 is 0 Å². The lowest BCUT2D eigenvalue weighted by atomic mass is 10.0. The van der Waals surface area contributed by atoms with Crippen molar-refractivity contribution < 1.29 is 4.84 Å². The number of rotatable bonds is 6. The first-order valence-electron chi connectivity index (χ1n) is 6.68. The van der Waals surface area contributed by atoms with Gasteiger partial charge in [0.2, 0.25) is 0 Å². The van der Waals surface area contributed by atoms with Gasteiger partial charge in [-0.05, 0) is 38.4 Å². The molecule has 0 atom stereocenters. The summed E-state index contributed by atoms with van der Waals surface area (Å²) >= 11 is 3.44. The SMILES string of the molecule is CN(C)CCON=C(c1ccc(Br)cc1)c1cccnc1. The van der Waals surface area contributed by atoms with Crippen LogP contribution in [-0.2, 0) is 4.84 Å². The molecule has 0 fully saturated rings. The molecular formula is C16H18BrN3O. The maximum absolute atomic E-state index is 5.45. The predicted octanol–water partition coefficient (Wildman–Crippen LogP) is 3.17. The van der Waals surface area contributed by atoms with E-state index in [2.05, 4.69) is 31.0 Å². The molecule has 0 amide bonds. The van der Waals surface area contributed by atoms with Crippen molar-refractivity contribution >= 4 is 21.6 Å². The molecule has 2 rings (SSSR count). The fourth-order valence-corrected chi connectivity index (χ4v) is 1.98. The van der Waals surface area contributed by atoms with E-state index in [1.165, 1.54) is 0 Å². The molecule has 0 aliphatic rings. The third-order valence-corrected chi connectivity index (χ3v) is 3.37. The minimum Gasteiger partial charge on any atom is -0.394 e. The summed E-state index contributed by atoms with van der Waals surface area (Å²) in [5.74, 6) is 0. The van der Waals surface area contributed by atoms with E-state index in [1.807, 2.05) is 50.5 Å². The van der Waals surface area contributed by atoms with Gasteiger partial charge in [-0.25, -0.2) is 0 Å². The van der Waals surface area contributed by atoms with E-state index in [0.29, 0.717) is 6.61 Å². The maximum Gasteiger partial charge on any atom is 0.129 e. The summed E-state index contributed by atoms with van der Waals surface area (Å²) < 4.78 is 1.03. The molecule has 0 N–H and O–H groups in total. The van der Waals surface area contributed by atoms with Crippen molar-refractivity contribution in [1.82, 2.24) is 9.88 Å². The molecule has 0 saturated carbocycles. The van der Waals surface area contributed by atoms with Crippen molar-refractivity contribution in [3.8, 4) is 0 Å². The second kappa shape index (κ2) is 7.90. The van der Waals surface area contributed by atoms with Crippen LogP contribution in [0.15, 0.2) is 58.4 Å². The van der Waals surface area contributed by atoms with Crippen LogP contribution in [0.3, 0.4) is 0 Å². The molecular weight excluding hydrogens is 330 g/mol. The molecule has 1 aromatic carbocycles. The van der Waals surface area contributed by atoms with Crippen molar-refractivity contribution in [2.45, 2.75) is 0 Å². The van der Waals surface area contributed by atoms with Crippen molar-refractivity contribution in [3.05, 3.63) is 64.4 Å². The van der Waals surface area contributed by atoms with Crippen LogP contribution < -0.4 is 0 Å². The first-order valence-corrected chi connectivity index (χ1v) is 7.47. The lowest BCUT2D eigenvalue weighted by Crippen LogP contribution is -2.17. The summed E-state index contributed by atoms with van der Waals surface area (Å²) in [6.07, 6.45) is 3.53. The average Bonchev–Trinajstić information content (AvgIpc) is 2.49. The number of halogens is 1. The van der Waals surface area contributed by atoms with Crippen LogP contribution in [-0.4, -0.2) is 42.8 Å². The molecule has 0 spiro atoms. The second-order valence-corrected chi connectivity index (χ2v) is 5.74. The third-order valence-electron chi connectivity index (χ3n) is 2.84. The summed E-state index contributed by atoms with van der Waals surface area (Å²) in [6, 6.07) is 11.9. The Kier molecular flexibility index (Phi) is 5.90. The number of aromatic nitrogens is 1. The van der Waals surface area contributed by atoms with Crippen molar-refractivity contribution in [3.63, 3.8) is 0 Å². The van der Waals surface area contributed by atoms with Gasteiger partial charge in [-0.2, -0.15) is 0 Å². The summed E-state index contributed by atoms with van der Waals surface area (Å²) in [7, 11) is 4.01. The number of hydrogen-bond acceptors (Lipinski definition) is 4. The predicted molar refractivity (Wildman–Crippen MR) is 88.5 cm³/mol. The molecule has 0 radical (unpaired) electrons. The number of hydrogen-bond donors (Lipinski definition) is 0. The van der Waals surface area contributed by atoms with Crippen molar-refractivity contribution in [2.24, 2.45) is 5.16 Å². The van der Waals surface area contributed by atoms with Crippen molar-refractivity contribution in [1.29, 1.82) is 0 Å². The summed E-state index contributed by atoms with van der Waals surface area (Å²) in [4.78, 5) is 11.7. The topological polar surface area (TPSA) is 37.7 Å². The van der Waals surface area contributed by atoms with Gasteiger partial charge in [0.1, 0.15) is 12.3 Å². The quantitative estimate of drug-likeness (QED) is 0.457. The lowest BCUT2D eigenvalue weighted by molar-refractivity contribution is 0.126. The molecule has 21 heavy (non-hydrogen) atoms. The highest BCUT2D eigenvalue weighted by molar-refractivity contribution is 9.10. The highest BCUT2D eigenvalue weighted by Gasteiger charge is 2.08. The fraction of sp³-hybridized carbons (Fsp3) is 0.250. The Morgan fingerprint density at radius 1 is 1.19 bits per heavy atom. The van der Waals surface area contributed by atoms with Gasteiger partial charge in [0.15, 0.2) is 0 Å². The zero-order valence-electron chi connectivity index (χ0n) is 12.2. The molecule has 0 unspecified atom stereocenters. The zero-order valence-corrected chi connectivity index (χ0v) is 13.7. The Morgan fingerprint density at radius 3 is 2.57 bits per heavy atom. The smallest absolute Gasteiger partial charge is 0.129 e. The monoisotopic (exact) mass is 347 g/mol. The van der Waals surface area contributed by atoms with Gasteiger partial charge in [0.25, 0.3) is 0 Å². The van der Waals surface area contributed by atoms with Gasteiger partial charge in [-0.1, -0.05) is 33.2 Å². The summed E-state index contributed by atoms with van der Waals surface area (Å²) in [6.45, 7) is 1.37. The number of oxime groups is 1. The Hall–Kier alpha value is -1.72. The van der Waals surface area contributed by atoms with Gasteiger partial charge < -0.3 is 9.74 Å². The molecule has 4 nitrogen and oxygen atoms in total. The summed E-state index contributed by atoms with van der Waals surface area (Å²) in [5, 5.41) is 4.30. The van der Waals surface area contributed by atoms with Crippen LogP contribution in [0.5, 0.6) is 0 Å². The number of benzene rings is 1. The average molecular weight is 348 g/mol. The molecule has 2 aromatic rings. The third kappa shape index (κ3) is 4.95. The van der Waals surface area contributed by atoms with E-state index in [0.717, 1.165) is 27.9 Å². The minimum atomic E-state index is 0.549. The van der Waals surface area contributed by atoms with Crippen molar-refractivity contribution in [2.75, 3.05) is 27.2 Å². The van der Waals surface area contributed by atoms with Gasteiger partial charge in [0.05, 0.1) is 0 Å². The van der Waals surface area contributed by atoms with E-state index in [9.17, 15) is 0 Å². The second-order valence-electron chi connectivity index (χ2n) is 4.82. The zero-order chi connectivity index (χ0) is 15.1. The highest BCUT2D eigenvalue weighted by Crippen LogP contribution is 2.15. The Balaban J connectivity index is 2.22. The van der Waals surface area contributed by atoms with Gasteiger partial charge in [0, 0.05) is 34.5 Å². The molecule has 5 heteroatoms. The van der Waals surface area contributed by atoms with Gasteiger partial charge >= 0.3 is 0 Å². The molecule has 0 aliphatic heterocycles. The largest absolute Gasteiger partial charge is 0.394 e. The standard InChI is InChI=1S/C16H18BrN3O/c1-20(2)10-11-21-19-16(14-4-3-9-18-12-14)13-5-7-15(17)8-6-13/h3-9,12H,10-11H2,1-2H3. The van der Waals surface area contributed by atoms with Crippen LogP contribution in [0.25, 0.3) is 0 Å². The fourth-order valence-electron chi connectivity index (χ4n) is 1.72. The highest BCUT2D eigenvalue weighted by atomic mass is 79.9. The molecule has 0 aliphatic carbocycles. The van der Waals surface area contributed by atoms with E-state index in [4.69, 9.17) is 4.84 Å².